The van der Waals surface area contributed by atoms with Crippen molar-refractivity contribution in [3.8, 4) is 0 Å². The average molecular weight is 292 g/mol. The third-order valence-corrected chi connectivity index (χ3v) is 4.24. The Balaban J connectivity index is 2.01. The topological polar surface area (TPSA) is 12.0 Å². The second-order valence-corrected chi connectivity index (χ2v) is 5.83. The number of rotatable bonds is 7. The molecule has 0 amide bonds. The molecule has 0 saturated heterocycles. The summed E-state index contributed by atoms with van der Waals surface area (Å²) in [7, 11) is 0. The van der Waals surface area contributed by atoms with Crippen LogP contribution in [-0.4, -0.2) is 18.1 Å². The van der Waals surface area contributed by atoms with Crippen LogP contribution >= 0.6 is 39.0 Å². The molecule has 0 saturated carbocycles. The second kappa shape index (κ2) is 7.51. The van der Waals surface area contributed by atoms with Crippen molar-refractivity contribution in [3.05, 3.63) is 33.5 Å². The van der Waals surface area contributed by atoms with Gasteiger partial charge in [-0.2, -0.15) is 11.8 Å². The number of hydrogen-bond acceptors (Lipinski definition) is 3. The quantitative estimate of drug-likeness (QED) is 0.609. The first-order valence-corrected chi connectivity index (χ1v) is 7.28. The molecule has 0 atom stereocenters. The van der Waals surface area contributed by atoms with Gasteiger partial charge in [-0.05, 0) is 22.0 Å². The molecule has 1 rings (SSSR count). The standard InChI is InChI=1S/C10H14BrNS2/c1-2-4-13-5-3-12-7-10-6-9(11)8-14-10/h2,6,8,12H,1,3-5,7H2. The van der Waals surface area contributed by atoms with Crippen LogP contribution in [0.15, 0.2) is 28.6 Å². The summed E-state index contributed by atoms with van der Waals surface area (Å²) in [5.74, 6) is 2.20. The summed E-state index contributed by atoms with van der Waals surface area (Å²) in [6, 6.07) is 2.16. The molecule has 0 bridgehead atoms. The predicted molar refractivity (Wildman–Crippen MR) is 71.2 cm³/mol. The van der Waals surface area contributed by atoms with E-state index in [1.807, 2.05) is 17.8 Å². The second-order valence-electron chi connectivity index (χ2n) is 2.77. The maximum atomic E-state index is 3.68. The van der Waals surface area contributed by atoms with Gasteiger partial charge in [0.15, 0.2) is 0 Å². The number of halogens is 1. The third kappa shape index (κ3) is 5.20. The van der Waals surface area contributed by atoms with Crippen LogP contribution in [-0.2, 0) is 6.54 Å². The molecule has 1 aromatic rings. The van der Waals surface area contributed by atoms with E-state index >= 15 is 0 Å². The van der Waals surface area contributed by atoms with Crippen molar-refractivity contribution in [2.24, 2.45) is 0 Å². The maximum absolute atomic E-state index is 3.68. The monoisotopic (exact) mass is 291 g/mol. The molecule has 0 spiro atoms. The van der Waals surface area contributed by atoms with Gasteiger partial charge in [-0.3, -0.25) is 0 Å². The summed E-state index contributed by atoms with van der Waals surface area (Å²) in [5.41, 5.74) is 0. The predicted octanol–water partition coefficient (Wildman–Crippen LogP) is 3.52. The highest BCUT2D eigenvalue weighted by molar-refractivity contribution is 9.10. The van der Waals surface area contributed by atoms with Gasteiger partial charge in [0.2, 0.25) is 0 Å². The van der Waals surface area contributed by atoms with Crippen LogP contribution in [0.1, 0.15) is 4.88 Å². The summed E-state index contributed by atoms with van der Waals surface area (Å²) in [6.07, 6.45) is 1.95. The summed E-state index contributed by atoms with van der Waals surface area (Å²) in [4.78, 5) is 1.38. The maximum Gasteiger partial charge on any atom is 0.0300 e. The van der Waals surface area contributed by atoms with E-state index in [1.165, 1.54) is 9.35 Å². The first-order chi connectivity index (χ1) is 6.83. The summed E-state index contributed by atoms with van der Waals surface area (Å²) >= 11 is 7.14. The molecule has 0 aliphatic heterocycles. The van der Waals surface area contributed by atoms with Crippen LogP contribution < -0.4 is 5.32 Å². The summed E-state index contributed by atoms with van der Waals surface area (Å²) < 4.78 is 1.18. The molecule has 1 N–H and O–H groups in total. The van der Waals surface area contributed by atoms with Crippen molar-refractivity contribution in [2.75, 3.05) is 18.1 Å². The van der Waals surface area contributed by atoms with Crippen molar-refractivity contribution in [2.45, 2.75) is 6.54 Å². The minimum absolute atomic E-state index is 0.977. The van der Waals surface area contributed by atoms with Crippen molar-refractivity contribution in [1.29, 1.82) is 0 Å². The molecular formula is C10H14BrNS2. The normalized spacial score (nSPS) is 10.4. The van der Waals surface area contributed by atoms with Crippen LogP contribution in [0.4, 0.5) is 0 Å². The first kappa shape index (κ1) is 12.3. The lowest BCUT2D eigenvalue weighted by Crippen LogP contribution is -2.15. The number of thiophene rings is 1. The zero-order valence-corrected chi connectivity index (χ0v) is 11.2. The van der Waals surface area contributed by atoms with E-state index in [0.717, 1.165) is 24.6 Å². The molecule has 0 aliphatic rings. The number of hydrogen-bond donors (Lipinski definition) is 1. The molecule has 78 valence electrons. The van der Waals surface area contributed by atoms with Gasteiger partial charge in [-0.15, -0.1) is 17.9 Å². The van der Waals surface area contributed by atoms with E-state index in [4.69, 9.17) is 0 Å². The van der Waals surface area contributed by atoms with Gasteiger partial charge >= 0.3 is 0 Å². The fraction of sp³-hybridized carbons (Fsp3) is 0.400. The molecule has 14 heavy (non-hydrogen) atoms. The lowest BCUT2D eigenvalue weighted by Gasteiger charge is -2.01. The Morgan fingerprint density at radius 2 is 2.50 bits per heavy atom. The van der Waals surface area contributed by atoms with Crippen LogP contribution in [0.2, 0.25) is 0 Å². The molecule has 0 radical (unpaired) electrons. The SMILES string of the molecule is C=CCSCCNCc1cc(Br)cs1. The Labute approximate surface area is 102 Å². The van der Waals surface area contributed by atoms with E-state index < -0.39 is 0 Å². The summed E-state index contributed by atoms with van der Waals surface area (Å²) in [6.45, 7) is 5.72. The van der Waals surface area contributed by atoms with E-state index in [2.05, 4.69) is 39.3 Å². The van der Waals surface area contributed by atoms with Crippen LogP contribution in [0.5, 0.6) is 0 Å². The molecule has 1 aromatic heterocycles. The Kier molecular flexibility index (Phi) is 6.60. The van der Waals surface area contributed by atoms with Crippen molar-refractivity contribution >= 4 is 39.0 Å². The highest BCUT2D eigenvalue weighted by Crippen LogP contribution is 2.19. The Morgan fingerprint density at radius 1 is 1.64 bits per heavy atom. The zero-order valence-electron chi connectivity index (χ0n) is 7.96. The van der Waals surface area contributed by atoms with Gasteiger partial charge in [0.1, 0.15) is 0 Å². The largest absolute Gasteiger partial charge is 0.311 e. The highest BCUT2D eigenvalue weighted by Gasteiger charge is 1.96. The summed E-state index contributed by atoms with van der Waals surface area (Å²) in [5, 5.41) is 5.52. The number of thioether (sulfide) groups is 1. The molecule has 1 nitrogen and oxygen atoms in total. The van der Waals surface area contributed by atoms with Crippen molar-refractivity contribution < 1.29 is 0 Å². The van der Waals surface area contributed by atoms with Crippen LogP contribution in [0.3, 0.4) is 0 Å². The van der Waals surface area contributed by atoms with Gasteiger partial charge in [-0.1, -0.05) is 6.08 Å². The Morgan fingerprint density at radius 3 is 3.14 bits per heavy atom. The van der Waals surface area contributed by atoms with E-state index in [-0.39, 0.29) is 0 Å². The first-order valence-electron chi connectivity index (χ1n) is 4.45. The van der Waals surface area contributed by atoms with E-state index in [0.29, 0.717) is 0 Å². The van der Waals surface area contributed by atoms with Crippen LogP contribution in [0, 0.1) is 0 Å². The minimum Gasteiger partial charge on any atom is -0.311 e. The van der Waals surface area contributed by atoms with Crippen LogP contribution in [0.25, 0.3) is 0 Å². The van der Waals surface area contributed by atoms with E-state index in [9.17, 15) is 0 Å². The minimum atomic E-state index is 0.977. The molecule has 1 heterocycles. The third-order valence-electron chi connectivity index (χ3n) is 1.58. The molecule has 4 heteroatoms. The molecule has 0 fully saturated rings. The fourth-order valence-electron chi connectivity index (χ4n) is 0.969. The molecule has 0 unspecified atom stereocenters. The zero-order chi connectivity index (χ0) is 10.2. The van der Waals surface area contributed by atoms with E-state index in [1.54, 1.807) is 11.3 Å². The van der Waals surface area contributed by atoms with Gasteiger partial charge < -0.3 is 5.32 Å². The molecule has 0 aliphatic carbocycles. The Bertz CT molecular complexity index is 273. The van der Waals surface area contributed by atoms with Crippen molar-refractivity contribution in [1.82, 2.24) is 5.32 Å². The van der Waals surface area contributed by atoms with Gasteiger partial charge in [0.25, 0.3) is 0 Å². The molecule has 0 aromatic carbocycles. The Hall–Kier alpha value is 0.230. The highest BCUT2D eigenvalue weighted by atomic mass is 79.9. The lowest BCUT2D eigenvalue weighted by molar-refractivity contribution is 0.741. The van der Waals surface area contributed by atoms with Gasteiger partial charge in [0.05, 0.1) is 0 Å². The van der Waals surface area contributed by atoms with Gasteiger partial charge in [0, 0.05) is 39.3 Å². The fourth-order valence-corrected chi connectivity index (χ4v) is 3.01. The number of nitrogens with one attached hydrogen (secondary N) is 1. The van der Waals surface area contributed by atoms with Crippen molar-refractivity contribution in [3.63, 3.8) is 0 Å². The van der Waals surface area contributed by atoms with Gasteiger partial charge in [-0.25, -0.2) is 0 Å². The lowest BCUT2D eigenvalue weighted by atomic mass is 10.4. The molecular weight excluding hydrogens is 278 g/mol. The average Bonchev–Trinajstić information content (AvgIpc) is 2.58. The smallest absolute Gasteiger partial charge is 0.0300 e.